The first-order chi connectivity index (χ1) is 10.8. The van der Waals surface area contributed by atoms with Gasteiger partial charge in [-0.3, -0.25) is 0 Å². The highest BCUT2D eigenvalue weighted by Gasteiger charge is 2.33. The van der Waals surface area contributed by atoms with Crippen LogP contribution in [0.15, 0.2) is 48.5 Å². The number of para-hydroxylation sites is 1. The largest absolute Gasteiger partial charge is 0.418 e. The van der Waals surface area contributed by atoms with Crippen LogP contribution >= 0.6 is 12.2 Å². The summed E-state index contributed by atoms with van der Waals surface area (Å²) >= 11 is 5.13. The second-order valence-corrected chi connectivity index (χ2v) is 5.68. The van der Waals surface area contributed by atoms with E-state index in [9.17, 15) is 13.2 Å². The van der Waals surface area contributed by atoms with Crippen molar-refractivity contribution in [3.05, 3.63) is 65.2 Å². The van der Waals surface area contributed by atoms with Crippen molar-refractivity contribution in [3.63, 3.8) is 0 Å². The molecule has 0 aliphatic heterocycles. The summed E-state index contributed by atoms with van der Waals surface area (Å²) in [4.78, 5) is 0. The summed E-state index contributed by atoms with van der Waals surface area (Å²) in [7, 11) is 0. The number of thiocarbonyl (C=S) groups is 1. The van der Waals surface area contributed by atoms with Gasteiger partial charge < -0.3 is 10.6 Å². The first kappa shape index (κ1) is 17.3. The van der Waals surface area contributed by atoms with E-state index in [1.165, 1.54) is 18.2 Å². The van der Waals surface area contributed by atoms with Crippen molar-refractivity contribution in [2.75, 3.05) is 5.32 Å². The summed E-state index contributed by atoms with van der Waals surface area (Å²) in [5, 5.41) is 5.77. The quantitative estimate of drug-likeness (QED) is 0.765. The molecule has 0 amide bonds. The number of halogens is 3. The van der Waals surface area contributed by atoms with Crippen LogP contribution in [0.1, 0.15) is 29.7 Å². The second-order valence-electron chi connectivity index (χ2n) is 5.27. The van der Waals surface area contributed by atoms with E-state index in [0.29, 0.717) is 0 Å². The normalized spacial score (nSPS) is 12.6. The van der Waals surface area contributed by atoms with E-state index in [2.05, 4.69) is 10.6 Å². The van der Waals surface area contributed by atoms with Crippen LogP contribution in [0.4, 0.5) is 18.9 Å². The highest BCUT2D eigenvalue weighted by Crippen LogP contribution is 2.34. The molecule has 2 aromatic carbocycles. The fourth-order valence-electron chi connectivity index (χ4n) is 2.13. The maximum atomic E-state index is 13.0. The monoisotopic (exact) mass is 338 g/mol. The van der Waals surface area contributed by atoms with Gasteiger partial charge in [0.05, 0.1) is 17.3 Å². The lowest BCUT2D eigenvalue weighted by atomic mass is 10.1. The number of nitrogens with one attached hydrogen (secondary N) is 2. The van der Waals surface area contributed by atoms with Gasteiger partial charge in [0.15, 0.2) is 5.11 Å². The molecule has 0 saturated carbocycles. The van der Waals surface area contributed by atoms with Crippen LogP contribution in [0.2, 0.25) is 0 Å². The maximum absolute atomic E-state index is 13.0. The lowest BCUT2D eigenvalue weighted by Crippen LogP contribution is -2.31. The zero-order valence-corrected chi connectivity index (χ0v) is 13.6. The first-order valence-electron chi connectivity index (χ1n) is 7.07. The summed E-state index contributed by atoms with van der Waals surface area (Å²) in [5.41, 5.74) is 1.34. The zero-order valence-electron chi connectivity index (χ0n) is 12.7. The molecule has 0 heterocycles. The van der Waals surface area contributed by atoms with Crippen molar-refractivity contribution in [1.82, 2.24) is 5.32 Å². The first-order valence-corrected chi connectivity index (χ1v) is 7.48. The number of hydrogen-bond donors (Lipinski definition) is 2. The Morgan fingerprint density at radius 2 is 1.65 bits per heavy atom. The van der Waals surface area contributed by atoms with Crippen molar-refractivity contribution in [3.8, 4) is 0 Å². The molecule has 6 heteroatoms. The molecule has 0 spiro atoms. The van der Waals surface area contributed by atoms with E-state index in [1.54, 1.807) is 0 Å². The fraction of sp³-hybridized carbons (Fsp3) is 0.235. The fourth-order valence-corrected chi connectivity index (χ4v) is 2.42. The van der Waals surface area contributed by atoms with E-state index in [-0.39, 0.29) is 16.8 Å². The molecule has 1 atom stereocenters. The Balaban J connectivity index is 2.07. The van der Waals surface area contributed by atoms with Gasteiger partial charge >= 0.3 is 6.18 Å². The smallest absolute Gasteiger partial charge is 0.356 e. The number of aryl methyl sites for hydroxylation is 1. The van der Waals surface area contributed by atoms with E-state index in [1.807, 2.05) is 38.1 Å². The van der Waals surface area contributed by atoms with Crippen LogP contribution in [-0.4, -0.2) is 5.11 Å². The van der Waals surface area contributed by atoms with Gasteiger partial charge in [-0.15, -0.1) is 0 Å². The summed E-state index contributed by atoms with van der Waals surface area (Å²) in [5.74, 6) is 0. The lowest BCUT2D eigenvalue weighted by Gasteiger charge is -2.19. The molecule has 2 N–H and O–H groups in total. The van der Waals surface area contributed by atoms with E-state index in [4.69, 9.17) is 12.2 Å². The molecular weight excluding hydrogens is 321 g/mol. The van der Waals surface area contributed by atoms with Gasteiger partial charge in [-0.05, 0) is 43.8 Å². The molecule has 0 bridgehead atoms. The van der Waals surface area contributed by atoms with Gasteiger partial charge in [-0.2, -0.15) is 13.2 Å². The van der Waals surface area contributed by atoms with E-state index < -0.39 is 11.7 Å². The Morgan fingerprint density at radius 3 is 2.26 bits per heavy atom. The Labute approximate surface area is 138 Å². The van der Waals surface area contributed by atoms with Crippen molar-refractivity contribution < 1.29 is 13.2 Å². The topological polar surface area (TPSA) is 24.1 Å². The van der Waals surface area contributed by atoms with Crippen molar-refractivity contribution in [2.45, 2.75) is 26.1 Å². The summed E-state index contributed by atoms with van der Waals surface area (Å²) < 4.78 is 38.9. The Kier molecular flexibility index (Phi) is 5.26. The van der Waals surface area contributed by atoms with Gasteiger partial charge in [0, 0.05) is 0 Å². The highest BCUT2D eigenvalue weighted by molar-refractivity contribution is 7.80. The SMILES string of the molecule is Cc1ccc(C(C)NC(=S)Nc2ccccc2C(F)(F)F)cc1. The molecule has 23 heavy (non-hydrogen) atoms. The third kappa shape index (κ3) is 4.69. The molecule has 0 radical (unpaired) electrons. The predicted molar refractivity (Wildman–Crippen MR) is 90.4 cm³/mol. The van der Waals surface area contributed by atoms with Crippen LogP contribution in [-0.2, 0) is 6.18 Å². The van der Waals surface area contributed by atoms with Gasteiger partial charge in [-0.1, -0.05) is 42.0 Å². The molecule has 0 aliphatic rings. The summed E-state index contributed by atoms with van der Waals surface area (Å²) in [6.07, 6.45) is -4.43. The molecule has 122 valence electrons. The van der Waals surface area contributed by atoms with Gasteiger partial charge in [0.2, 0.25) is 0 Å². The molecule has 1 unspecified atom stereocenters. The van der Waals surface area contributed by atoms with Crippen LogP contribution in [0.25, 0.3) is 0 Å². The standard InChI is InChI=1S/C17H17F3N2S/c1-11-7-9-13(10-8-11)12(2)21-16(23)22-15-6-4-3-5-14(15)17(18,19)20/h3-10,12H,1-2H3,(H2,21,22,23). The highest BCUT2D eigenvalue weighted by atomic mass is 32.1. The van der Waals surface area contributed by atoms with E-state index >= 15 is 0 Å². The Morgan fingerprint density at radius 1 is 1.04 bits per heavy atom. The minimum absolute atomic E-state index is 0.0615. The predicted octanol–water partition coefficient (Wildman–Crippen LogP) is 5.06. The Hall–Kier alpha value is -2.08. The number of rotatable bonds is 3. The van der Waals surface area contributed by atoms with Crippen molar-refractivity contribution >= 4 is 23.0 Å². The summed E-state index contributed by atoms with van der Waals surface area (Å²) in [6.45, 7) is 3.89. The number of benzene rings is 2. The maximum Gasteiger partial charge on any atom is 0.418 e. The molecule has 2 aromatic rings. The third-order valence-electron chi connectivity index (χ3n) is 3.41. The van der Waals surface area contributed by atoms with Crippen molar-refractivity contribution in [2.24, 2.45) is 0 Å². The molecule has 0 aliphatic carbocycles. The Bertz CT molecular complexity index is 681. The average molecular weight is 338 g/mol. The van der Waals surface area contributed by atoms with Crippen LogP contribution in [0, 0.1) is 6.92 Å². The summed E-state index contributed by atoms with van der Waals surface area (Å²) in [6, 6.07) is 13.0. The average Bonchev–Trinajstić information content (AvgIpc) is 2.47. The molecular formula is C17H17F3N2S. The minimum atomic E-state index is -4.43. The van der Waals surface area contributed by atoms with Crippen LogP contribution in [0.5, 0.6) is 0 Å². The minimum Gasteiger partial charge on any atom is -0.356 e. The molecule has 0 aromatic heterocycles. The third-order valence-corrected chi connectivity index (χ3v) is 3.63. The van der Waals surface area contributed by atoms with Crippen molar-refractivity contribution in [1.29, 1.82) is 0 Å². The molecule has 2 rings (SSSR count). The number of anilines is 1. The number of alkyl halides is 3. The molecule has 0 saturated heterocycles. The van der Waals surface area contributed by atoms with Gasteiger partial charge in [0.25, 0.3) is 0 Å². The zero-order chi connectivity index (χ0) is 17.0. The molecule has 0 fully saturated rings. The lowest BCUT2D eigenvalue weighted by molar-refractivity contribution is -0.136. The van der Waals surface area contributed by atoms with E-state index in [0.717, 1.165) is 17.2 Å². The van der Waals surface area contributed by atoms with Gasteiger partial charge in [0.1, 0.15) is 0 Å². The van der Waals surface area contributed by atoms with Gasteiger partial charge in [-0.25, -0.2) is 0 Å². The van der Waals surface area contributed by atoms with Crippen LogP contribution in [0.3, 0.4) is 0 Å². The number of hydrogen-bond acceptors (Lipinski definition) is 1. The second kappa shape index (κ2) is 7.00. The molecule has 2 nitrogen and oxygen atoms in total. The van der Waals surface area contributed by atoms with Crippen LogP contribution < -0.4 is 10.6 Å².